The number of hydrogen-bond acceptors (Lipinski definition) is 4. The molecule has 1 aromatic heterocycles. The molecule has 0 atom stereocenters. The van der Waals surface area contributed by atoms with Crippen molar-refractivity contribution < 1.29 is 9.53 Å². The summed E-state index contributed by atoms with van der Waals surface area (Å²) >= 11 is 0. The Hall–Kier alpha value is -2.01. The van der Waals surface area contributed by atoms with Gasteiger partial charge in [0.15, 0.2) is 6.29 Å². The van der Waals surface area contributed by atoms with E-state index in [9.17, 15) is 4.79 Å². The number of aldehydes is 1. The number of methoxy groups -OCH3 is 1. The summed E-state index contributed by atoms with van der Waals surface area (Å²) in [6.45, 7) is 1.16. The fourth-order valence-electron chi connectivity index (χ4n) is 1.78. The lowest BCUT2D eigenvalue weighted by Gasteiger charge is -2.06. The van der Waals surface area contributed by atoms with Gasteiger partial charge in [-0.2, -0.15) is 0 Å². The van der Waals surface area contributed by atoms with Crippen molar-refractivity contribution in [3.8, 4) is 0 Å². The summed E-state index contributed by atoms with van der Waals surface area (Å²) in [6, 6.07) is 9.95. The maximum Gasteiger partial charge on any atom is 0.172 e. The molecular weight excluding hydrogens is 230 g/mol. The first-order valence-corrected chi connectivity index (χ1v) is 5.75. The van der Waals surface area contributed by atoms with Crippen molar-refractivity contribution in [3.05, 3.63) is 47.3 Å². The van der Waals surface area contributed by atoms with Gasteiger partial charge in [-0.3, -0.25) is 4.79 Å². The van der Waals surface area contributed by atoms with Crippen molar-refractivity contribution in [3.63, 3.8) is 0 Å². The third kappa shape index (κ3) is 2.81. The molecule has 18 heavy (non-hydrogen) atoms. The summed E-state index contributed by atoms with van der Waals surface area (Å²) in [7, 11) is 1.63. The van der Waals surface area contributed by atoms with Crippen molar-refractivity contribution in [2.24, 2.45) is 0 Å². The van der Waals surface area contributed by atoms with E-state index in [1.165, 1.54) is 0 Å². The number of ether oxygens (including phenoxy) is 1. The minimum Gasteiger partial charge on any atom is -0.384 e. The molecule has 0 unspecified atom stereocenters. The minimum absolute atomic E-state index is 0.392. The SMILES string of the molecule is COCCc1c(C=O)nnn1Cc1ccccc1. The summed E-state index contributed by atoms with van der Waals surface area (Å²) in [4.78, 5) is 10.9. The van der Waals surface area contributed by atoms with Crippen LogP contribution in [0.4, 0.5) is 0 Å². The highest BCUT2D eigenvalue weighted by Gasteiger charge is 2.12. The molecule has 1 aromatic carbocycles. The van der Waals surface area contributed by atoms with E-state index in [1.54, 1.807) is 11.8 Å². The average Bonchev–Trinajstić information content (AvgIpc) is 2.79. The fourth-order valence-corrected chi connectivity index (χ4v) is 1.78. The second-order valence-electron chi connectivity index (χ2n) is 3.93. The van der Waals surface area contributed by atoms with Gasteiger partial charge in [-0.05, 0) is 5.56 Å². The van der Waals surface area contributed by atoms with Crippen LogP contribution < -0.4 is 0 Å². The Kier molecular flexibility index (Phi) is 4.20. The average molecular weight is 245 g/mol. The van der Waals surface area contributed by atoms with Gasteiger partial charge in [-0.25, -0.2) is 4.68 Å². The molecule has 5 nitrogen and oxygen atoms in total. The van der Waals surface area contributed by atoms with Crippen LogP contribution in [0.1, 0.15) is 21.7 Å². The van der Waals surface area contributed by atoms with Gasteiger partial charge in [-0.15, -0.1) is 5.10 Å². The van der Waals surface area contributed by atoms with Crippen LogP contribution >= 0.6 is 0 Å². The number of rotatable bonds is 6. The minimum atomic E-state index is 0.392. The smallest absolute Gasteiger partial charge is 0.172 e. The molecule has 0 amide bonds. The molecule has 1 heterocycles. The van der Waals surface area contributed by atoms with E-state index in [2.05, 4.69) is 10.3 Å². The van der Waals surface area contributed by atoms with Crippen molar-refractivity contribution in [1.82, 2.24) is 15.0 Å². The monoisotopic (exact) mass is 245 g/mol. The van der Waals surface area contributed by atoms with E-state index in [0.29, 0.717) is 25.3 Å². The van der Waals surface area contributed by atoms with E-state index in [4.69, 9.17) is 4.74 Å². The highest BCUT2D eigenvalue weighted by Crippen LogP contribution is 2.08. The van der Waals surface area contributed by atoms with E-state index < -0.39 is 0 Å². The zero-order chi connectivity index (χ0) is 12.8. The quantitative estimate of drug-likeness (QED) is 0.720. The van der Waals surface area contributed by atoms with Gasteiger partial charge < -0.3 is 4.74 Å². The zero-order valence-corrected chi connectivity index (χ0v) is 10.2. The summed E-state index contributed by atoms with van der Waals surface area (Å²) in [5, 5.41) is 7.89. The van der Waals surface area contributed by atoms with Gasteiger partial charge in [-0.1, -0.05) is 35.5 Å². The Balaban J connectivity index is 2.21. The van der Waals surface area contributed by atoms with Crippen LogP contribution in [0.25, 0.3) is 0 Å². The van der Waals surface area contributed by atoms with Gasteiger partial charge in [0.25, 0.3) is 0 Å². The van der Waals surface area contributed by atoms with Crippen molar-refractivity contribution >= 4 is 6.29 Å². The van der Waals surface area contributed by atoms with Gasteiger partial charge in [0, 0.05) is 13.5 Å². The van der Waals surface area contributed by atoms with Crippen LogP contribution in [0.5, 0.6) is 0 Å². The number of hydrogen-bond donors (Lipinski definition) is 0. The lowest BCUT2D eigenvalue weighted by molar-refractivity contribution is 0.111. The van der Waals surface area contributed by atoms with Crippen LogP contribution in [0.15, 0.2) is 30.3 Å². The van der Waals surface area contributed by atoms with Crippen molar-refractivity contribution in [2.75, 3.05) is 13.7 Å². The Morgan fingerprint density at radius 2 is 2.11 bits per heavy atom. The molecule has 2 rings (SSSR count). The summed E-state index contributed by atoms with van der Waals surface area (Å²) in [6.07, 6.45) is 1.36. The number of carbonyl (C=O) groups excluding carboxylic acids is 1. The molecule has 0 aliphatic carbocycles. The number of benzene rings is 1. The molecule has 5 heteroatoms. The Morgan fingerprint density at radius 1 is 1.33 bits per heavy atom. The molecule has 0 N–H and O–H groups in total. The number of aromatic nitrogens is 3. The molecule has 0 spiro atoms. The van der Waals surface area contributed by atoms with E-state index in [1.807, 2.05) is 30.3 Å². The van der Waals surface area contributed by atoms with Crippen LogP contribution in [0, 0.1) is 0 Å². The molecule has 0 aliphatic rings. The third-order valence-corrected chi connectivity index (χ3v) is 2.70. The second-order valence-corrected chi connectivity index (χ2v) is 3.93. The lowest BCUT2D eigenvalue weighted by Crippen LogP contribution is -2.09. The van der Waals surface area contributed by atoms with Gasteiger partial charge >= 0.3 is 0 Å². The maximum atomic E-state index is 10.9. The molecule has 0 saturated carbocycles. The first-order valence-electron chi connectivity index (χ1n) is 5.75. The predicted octanol–water partition coefficient (Wildman–Crippen LogP) is 1.33. The Morgan fingerprint density at radius 3 is 2.78 bits per heavy atom. The van der Waals surface area contributed by atoms with E-state index in [0.717, 1.165) is 17.5 Å². The highest BCUT2D eigenvalue weighted by atomic mass is 16.5. The standard InChI is InChI=1S/C13H15N3O2/c1-18-8-7-13-12(10-17)14-15-16(13)9-11-5-3-2-4-6-11/h2-6,10H,7-9H2,1H3. The summed E-state index contributed by atoms with van der Waals surface area (Å²) in [5.41, 5.74) is 2.33. The third-order valence-electron chi connectivity index (χ3n) is 2.70. The van der Waals surface area contributed by atoms with Gasteiger partial charge in [0.1, 0.15) is 5.69 Å². The van der Waals surface area contributed by atoms with Crippen LogP contribution in [0.2, 0.25) is 0 Å². The first kappa shape index (κ1) is 12.4. The fraction of sp³-hybridized carbons (Fsp3) is 0.308. The summed E-state index contributed by atoms with van der Waals surface area (Å²) < 4.78 is 6.78. The maximum absolute atomic E-state index is 10.9. The van der Waals surface area contributed by atoms with Crippen LogP contribution in [-0.4, -0.2) is 35.0 Å². The molecule has 2 aromatic rings. The molecular formula is C13H15N3O2. The van der Waals surface area contributed by atoms with E-state index >= 15 is 0 Å². The molecule has 0 saturated heterocycles. The molecule has 0 aliphatic heterocycles. The molecule has 0 bridgehead atoms. The number of nitrogens with zero attached hydrogens (tertiary/aromatic N) is 3. The molecule has 0 radical (unpaired) electrons. The first-order chi connectivity index (χ1) is 8.85. The zero-order valence-electron chi connectivity index (χ0n) is 10.2. The van der Waals surface area contributed by atoms with E-state index in [-0.39, 0.29) is 0 Å². The largest absolute Gasteiger partial charge is 0.384 e. The van der Waals surface area contributed by atoms with Crippen LogP contribution in [-0.2, 0) is 17.7 Å². The van der Waals surface area contributed by atoms with Gasteiger partial charge in [0.2, 0.25) is 0 Å². The van der Waals surface area contributed by atoms with Crippen molar-refractivity contribution in [2.45, 2.75) is 13.0 Å². The van der Waals surface area contributed by atoms with Crippen LogP contribution in [0.3, 0.4) is 0 Å². The Bertz CT molecular complexity index is 508. The summed E-state index contributed by atoms with van der Waals surface area (Å²) in [5.74, 6) is 0. The van der Waals surface area contributed by atoms with Crippen molar-refractivity contribution in [1.29, 1.82) is 0 Å². The predicted molar refractivity (Wildman–Crippen MR) is 66.5 cm³/mol. The topological polar surface area (TPSA) is 57.0 Å². The normalized spacial score (nSPS) is 10.5. The van der Waals surface area contributed by atoms with Gasteiger partial charge in [0.05, 0.1) is 18.8 Å². The molecule has 94 valence electrons. The highest BCUT2D eigenvalue weighted by molar-refractivity contribution is 5.73. The Labute approximate surface area is 105 Å². The second kappa shape index (κ2) is 6.07. The molecule has 0 fully saturated rings. The number of carbonyl (C=O) groups is 1. The lowest BCUT2D eigenvalue weighted by atomic mass is 10.2.